The summed E-state index contributed by atoms with van der Waals surface area (Å²) in [5, 5.41) is 55.2. The Bertz CT molecular complexity index is 1860. The van der Waals surface area contributed by atoms with E-state index in [0.29, 0.717) is 34.1 Å². The topological polar surface area (TPSA) is 172 Å². The summed E-state index contributed by atoms with van der Waals surface area (Å²) in [5.41, 5.74) is 1.44. The van der Waals surface area contributed by atoms with Crippen LogP contribution in [0.25, 0.3) is 32.7 Å². The molecule has 0 radical (unpaired) electrons. The average molecular weight is 591 g/mol. The Morgan fingerprint density at radius 2 is 1.23 bits per heavy atom. The van der Waals surface area contributed by atoms with Gasteiger partial charge in [-0.15, -0.1) is 0 Å². The van der Waals surface area contributed by atoms with Crippen LogP contribution in [-0.2, 0) is 22.3 Å². The van der Waals surface area contributed by atoms with Crippen molar-refractivity contribution in [3.63, 3.8) is 0 Å². The quantitative estimate of drug-likeness (QED) is 0.208. The SMILES string of the molecule is COc1cc(O)c2c(O)c3c(cc2c1-c1c(OC)cc(O)c2c(O)c4c(cc12)CC(CC(C)O)OC4=O)CC(C)OC3=O. The van der Waals surface area contributed by atoms with Crippen molar-refractivity contribution in [2.24, 2.45) is 0 Å². The smallest absolute Gasteiger partial charge is 0.342 e. The predicted octanol–water partition coefficient (Wildman–Crippen LogP) is 4.45. The predicted molar refractivity (Wildman–Crippen MR) is 154 cm³/mol. The van der Waals surface area contributed by atoms with Crippen LogP contribution in [0.3, 0.4) is 0 Å². The number of methoxy groups -OCH3 is 2. The van der Waals surface area contributed by atoms with Crippen LogP contribution in [-0.4, -0.2) is 70.0 Å². The van der Waals surface area contributed by atoms with E-state index in [1.165, 1.54) is 26.4 Å². The summed E-state index contributed by atoms with van der Waals surface area (Å²) in [6, 6.07) is 5.88. The molecule has 0 fully saturated rings. The number of phenols is 4. The standard InChI is InChI=1S/C32H30O11/c1-12(33)5-16-7-15-9-18-26(30(37)24(15)32(39)43-16)20(35)11-22(41-4)28(18)27-17-8-14-6-13(2)42-31(38)23(14)29(36)25(17)19(34)10-21(27)40-3/h8-13,16,33-37H,5-7H2,1-4H3. The number of cyclic esters (lactones) is 2. The maximum atomic E-state index is 13.0. The molecule has 3 unspecified atom stereocenters. The number of ether oxygens (including phenoxy) is 4. The van der Waals surface area contributed by atoms with Crippen molar-refractivity contribution in [3.8, 4) is 45.6 Å². The Morgan fingerprint density at radius 3 is 1.70 bits per heavy atom. The molecular formula is C32H30O11. The van der Waals surface area contributed by atoms with E-state index in [-0.39, 0.29) is 63.1 Å². The Kier molecular flexibility index (Phi) is 6.65. The minimum atomic E-state index is -0.784. The molecule has 2 aliphatic rings. The van der Waals surface area contributed by atoms with Crippen LogP contribution >= 0.6 is 0 Å². The number of esters is 2. The monoisotopic (exact) mass is 590 g/mol. The first-order valence-corrected chi connectivity index (χ1v) is 13.7. The van der Waals surface area contributed by atoms with Gasteiger partial charge in [0, 0.05) is 53.3 Å². The second kappa shape index (κ2) is 10.1. The van der Waals surface area contributed by atoms with E-state index in [4.69, 9.17) is 18.9 Å². The van der Waals surface area contributed by atoms with Gasteiger partial charge in [0.15, 0.2) is 0 Å². The first-order valence-electron chi connectivity index (χ1n) is 13.7. The van der Waals surface area contributed by atoms with Gasteiger partial charge in [0.2, 0.25) is 0 Å². The third-order valence-corrected chi connectivity index (χ3v) is 8.08. The van der Waals surface area contributed by atoms with E-state index in [9.17, 15) is 35.1 Å². The lowest BCUT2D eigenvalue weighted by Gasteiger charge is -2.28. The van der Waals surface area contributed by atoms with Crippen LogP contribution in [0, 0.1) is 0 Å². The molecule has 0 saturated heterocycles. The van der Waals surface area contributed by atoms with Crippen molar-refractivity contribution in [3.05, 3.63) is 46.5 Å². The lowest BCUT2D eigenvalue weighted by Crippen LogP contribution is -2.30. The van der Waals surface area contributed by atoms with Crippen LogP contribution in [0.15, 0.2) is 24.3 Å². The first kappa shape index (κ1) is 28.2. The molecule has 0 amide bonds. The summed E-state index contributed by atoms with van der Waals surface area (Å²) in [5.74, 6) is -2.84. The third kappa shape index (κ3) is 4.30. The number of rotatable bonds is 5. The van der Waals surface area contributed by atoms with Crippen molar-refractivity contribution in [2.45, 2.75) is 51.4 Å². The van der Waals surface area contributed by atoms with Crippen LogP contribution in [0.2, 0.25) is 0 Å². The Labute approximate surface area is 245 Å². The largest absolute Gasteiger partial charge is 0.507 e. The molecule has 4 aromatic rings. The van der Waals surface area contributed by atoms with Crippen LogP contribution in [0.4, 0.5) is 0 Å². The number of aliphatic hydroxyl groups excluding tert-OH is 1. The van der Waals surface area contributed by atoms with Crippen LogP contribution in [0.1, 0.15) is 52.1 Å². The summed E-state index contributed by atoms with van der Waals surface area (Å²) in [6.45, 7) is 3.31. The molecule has 0 aliphatic carbocycles. The molecular weight excluding hydrogens is 560 g/mol. The summed E-state index contributed by atoms with van der Waals surface area (Å²) in [6.07, 6.45) is -1.16. The minimum Gasteiger partial charge on any atom is -0.507 e. The highest BCUT2D eigenvalue weighted by Crippen LogP contribution is 2.54. The summed E-state index contributed by atoms with van der Waals surface area (Å²) in [4.78, 5) is 25.7. The van der Waals surface area contributed by atoms with Gasteiger partial charge in [-0.1, -0.05) is 0 Å². The maximum absolute atomic E-state index is 13.0. The van der Waals surface area contributed by atoms with E-state index in [1.807, 2.05) is 0 Å². The molecule has 2 aliphatic heterocycles. The fraction of sp³-hybridized carbons (Fsp3) is 0.312. The summed E-state index contributed by atoms with van der Waals surface area (Å²) in [7, 11) is 2.79. The maximum Gasteiger partial charge on any atom is 0.342 e. The van der Waals surface area contributed by atoms with Gasteiger partial charge >= 0.3 is 11.9 Å². The molecule has 43 heavy (non-hydrogen) atoms. The number of aromatic hydroxyl groups is 4. The van der Waals surface area contributed by atoms with E-state index in [2.05, 4.69) is 0 Å². The second-order valence-electron chi connectivity index (χ2n) is 11.0. The van der Waals surface area contributed by atoms with Gasteiger partial charge in [0.1, 0.15) is 57.8 Å². The fourth-order valence-electron chi connectivity index (χ4n) is 6.38. The molecule has 11 heteroatoms. The van der Waals surface area contributed by atoms with Gasteiger partial charge in [0.05, 0.1) is 31.1 Å². The zero-order valence-electron chi connectivity index (χ0n) is 23.8. The average Bonchev–Trinajstić information content (AvgIpc) is 2.91. The van der Waals surface area contributed by atoms with Crippen LogP contribution < -0.4 is 9.47 Å². The van der Waals surface area contributed by atoms with Crippen molar-refractivity contribution in [1.82, 2.24) is 0 Å². The second-order valence-corrected chi connectivity index (χ2v) is 11.0. The van der Waals surface area contributed by atoms with Gasteiger partial charge in [-0.25, -0.2) is 9.59 Å². The molecule has 0 aromatic heterocycles. The van der Waals surface area contributed by atoms with Crippen molar-refractivity contribution in [1.29, 1.82) is 0 Å². The van der Waals surface area contributed by atoms with Crippen molar-refractivity contribution in [2.75, 3.05) is 14.2 Å². The highest BCUT2D eigenvalue weighted by atomic mass is 16.5. The molecule has 4 aromatic carbocycles. The third-order valence-electron chi connectivity index (χ3n) is 8.08. The van der Waals surface area contributed by atoms with Gasteiger partial charge in [-0.05, 0) is 37.1 Å². The number of benzene rings is 4. The lowest BCUT2D eigenvalue weighted by molar-refractivity contribution is 0.0120. The van der Waals surface area contributed by atoms with Crippen molar-refractivity contribution >= 4 is 33.5 Å². The number of hydrogen-bond acceptors (Lipinski definition) is 11. The molecule has 0 saturated carbocycles. The lowest BCUT2D eigenvalue weighted by atomic mass is 9.85. The van der Waals surface area contributed by atoms with Gasteiger partial charge in [-0.2, -0.15) is 0 Å². The number of phenolic OH excluding ortho intramolecular Hbond substituents is 4. The van der Waals surface area contributed by atoms with E-state index in [0.717, 1.165) is 0 Å². The molecule has 2 heterocycles. The Morgan fingerprint density at radius 1 is 0.767 bits per heavy atom. The molecule has 0 spiro atoms. The van der Waals surface area contributed by atoms with E-state index >= 15 is 0 Å². The molecule has 224 valence electrons. The van der Waals surface area contributed by atoms with Crippen molar-refractivity contribution < 1.29 is 54.1 Å². The van der Waals surface area contributed by atoms with Crippen LogP contribution in [0.5, 0.6) is 34.5 Å². The number of hydrogen-bond donors (Lipinski definition) is 5. The zero-order chi connectivity index (χ0) is 30.9. The van der Waals surface area contributed by atoms with Gasteiger partial charge in [0.25, 0.3) is 0 Å². The fourth-order valence-corrected chi connectivity index (χ4v) is 6.38. The first-order chi connectivity index (χ1) is 20.4. The highest BCUT2D eigenvalue weighted by molar-refractivity contribution is 6.18. The number of carbonyl (C=O) groups is 2. The number of fused-ring (bicyclic) bond motifs is 4. The summed E-state index contributed by atoms with van der Waals surface area (Å²) >= 11 is 0. The normalized spacial score (nSPS) is 18.5. The summed E-state index contributed by atoms with van der Waals surface area (Å²) < 4.78 is 22.2. The minimum absolute atomic E-state index is 0.0351. The molecule has 11 nitrogen and oxygen atoms in total. The molecule has 6 rings (SSSR count). The molecule has 5 N–H and O–H groups in total. The molecule has 0 bridgehead atoms. The molecule has 3 atom stereocenters. The van der Waals surface area contributed by atoms with Gasteiger partial charge in [-0.3, -0.25) is 0 Å². The Hall–Kier alpha value is -4.90. The highest BCUT2D eigenvalue weighted by Gasteiger charge is 2.35. The number of carbonyl (C=O) groups excluding carboxylic acids is 2. The van der Waals surface area contributed by atoms with E-state index < -0.39 is 41.7 Å². The van der Waals surface area contributed by atoms with E-state index in [1.54, 1.807) is 26.0 Å². The zero-order valence-corrected chi connectivity index (χ0v) is 23.8. The van der Waals surface area contributed by atoms with Gasteiger partial charge < -0.3 is 44.5 Å². The number of aliphatic hydroxyl groups is 1. The Balaban J connectivity index is 1.75.